The molecule has 0 unspecified atom stereocenters. The Morgan fingerprint density at radius 1 is 1.28 bits per heavy atom. The zero-order chi connectivity index (χ0) is 17.4. The molecule has 0 atom stereocenters. The molecular formula is C17H19ClN6O. The second-order valence-electron chi connectivity index (χ2n) is 6.12. The molecule has 0 saturated carbocycles. The van der Waals surface area contributed by atoms with Crippen LogP contribution >= 0.6 is 11.6 Å². The number of rotatable bonds is 3. The van der Waals surface area contributed by atoms with Gasteiger partial charge in [0.25, 0.3) is 0 Å². The van der Waals surface area contributed by atoms with Gasteiger partial charge in [-0.2, -0.15) is 4.98 Å². The second kappa shape index (κ2) is 6.50. The number of aromatic nitrogens is 4. The molecule has 1 aliphatic heterocycles. The summed E-state index contributed by atoms with van der Waals surface area (Å²) in [6.07, 6.45) is 3.64. The van der Waals surface area contributed by atoms with Crippen LogP contribution in [0.1, 0.15) is 12.8 Å². The Morgan fingerprint density at radius 3 is 2.84 bits per heavy atom. The molecule has 25 heavy (non-hydrogen) atoms. The van der Waals surface area contributed by atoms with Crippen molar-refractivity contribution in [2.45, 2.75) is 18.9 Å². The van der Waals surface area contributed by atoms with E-state index in [-0.39, 0.29) is 0 Å². The Bertz CT molecular complexity index is 905. The van der Waals surface area contributed by atoms with Crippen LogP contribution in [0.15, 0.2) is 30.5 Å². The minimum atomic E-state index is 0.359. The van der Waals surface area contributed by atoms with Gasteiger partial charge < -0.3 is 15.4 Å². The highest BCUT2D eigenvalue weighted by Gasteiger charge is 2.22. The van der Waals surface area contributed by atoms with E-state index in [9.17, 15) is 0 Å². The molecule has 1 fully saturated rings. The lowest BCUT2D eigenvalue weighted by Crippen LogP contribution is -2.37. The molecule has 3 aromatic rings. The molecule has 130 valence electrons. The SMILES string of the molecule is CN(c1ncc2nc(N)n(-c3cccc(Cl)c3)c2n1)C1CCOCC1. The molecule has 1 aromatic carbocycles. The average Bonchev–Trinajstić information content (AvgIpc) is 2.96. The quantitative estimate of drug-likeness (QED) is 0.775. The topological polar surface area (TPSA) is 82.1 Å². The smallest absolute Gasteiger partial charge is 0.227 e. The molecule has 0 spiro atoms. The van der Waals surface area contributed by atoms with E-state index in [1.54, 1.807) is 10.8 Å². The van der Waals surface area contributed by atoms with E-state index in [1.807, 2.05) is 31.3 Å². The number of ether oxygens (including phenoxy) is 1. The summed E-state index contributed by atoms with van der Waals surface area (Å²) in [4.78, 5) is 15.7. The van der Waals surface area contributed by atoms with E-state index >= 15 is 0 Å². The lowest BCUT2D eigenvalue weighted by Gasteiger charge is -2.31. The fourth-order valence-corrected chi connectivity index (χ4v) is 3.34. The normalized spacial score (nSPS) is 15.6. The molecule has 1 saturated heterocycles. The van der Waals surface area contributed by atoms with E-state index in [1.165, 1.54) is 0 Å². The number of nitrogens with zero attached hydrogens (tertiary/aromatic N) is 5. The van der Waals surface area contributed by atoms with Crippen LogP contribution in [0, 0.1) is 0 Å². The van der Waals surface area contributed by atoms with Gasteiger partial charge in [0.2, 0.25) is 11.9 Å². The highest BCUT2D eigenvalue weighted by Crippen LogP contribution is 2.25. The zero-order valence-corrected chi connectivity index (χ0v) is 14.6. The molecule has 0 aliphatic carbocycles. The Morgan fingerprint density at radius 2 is 2.08 bits per heavy atom. The number of fused-ring (bicyclic) bond motifs is 1. The predicted octanol–water partition coefficient (Wildman–Crippen LogP) is 2.67. The van der Waals surface area contributed by atoms with Gasteiger partial charge in [0.15, 0.2) is 5.65 Å². The molecule has 7 nitrogen and oxygen atoms in total. The molecule has 0 radical (unpaired) electrons. The van der Waals surface area contributed by atoms with Crippen LogP contribution in [-0.4, -0.2) is 45.8 Å². The van der Waals surface area contributed by atoms with Crippen molar-refractivity contribution >= 4 is 34.7 Å². The molecule has 4 rings (SSSR count). The Balaban J connectivity index is 1.78. The third-order valence-electron chi connectivity index (χ3n) is 4.53. The van der Waals surface area contributed by atoms with Crippen LogP contribution in [-0.2, 0) is 4.74 Å². The summed E-state index contributed by atoms with van der Waals surface area (Å²) in [6.45, 7) is 1.54. The molecule has 8 heteroatoms. The Kier molecular flexibility index (Phi) is 4.19. The highest BCUT2D eigenvalue weighted by molar-refractivity contribution is 6.30. The van der Waals surface area contributed by atoms with Crippen molar-refractivity contribution in [3.8, 4) is 5.69 Å². The maximum Gasteiger partial charge on any atom is 0.227 e. The minimum absolute atomic E-state index is 0.359. The molecule has 2 aromatic heterocycles. The lowest BCUT2D eigenvalue weighted by molar-refractivity contribution is 0.0852. The van der Waals surface area contributed by atoms with Crippen LogP contribution < -0.4 is 10.6 Å². The van der Waals surface area contributed by atoms with E-state index in [2.05, 4.69) is 14.9 Å². The van der Waals surface area contributed by atoms with Crippen molar-refractivity contribution in [1.29, 1.82) is 0 Å². The third kappa shape index (κ3) is 3.01. The summed E-state index contributed by atoms with van der Waals surface area (Å²) in [5.41, 5.74) is 8.26. The van der Waals surface area contributed by atoms with Crippen molar-refractivity contribution in [3.05, 3.63) is 35.5 Å². The van der Waals surface area contributed by atoms with E-state index in [4.69, 9.17) is 27.1 Å². The number of imidazole rings is 1. The number of nitrogen functional groups attached to an aromatic ring is 1. The molecule has 0 amide bonds. The van der Waals surface area contributed by atoms with Crippen molar-refractivity contribution in [1.82, 2.24) is 19.5 Å². The van der Waals surface area contributed by atoms with E-state index in [0.29, 0.717) is 34.1 Å². The summed E-state index contributed by atoms with van der Waals surface area (Å²) < 4.78 is 7.23. The molecule has 2 N–H and O–H groups in total. The molecule has 1 aliphatic rings. The minimum Gasteiger partial charge on any atom is -0.381 e. The van der Waals surface area contributed by atoms with Crippen molar-refractivity contribution in [2.24, 2.45) is 0 Å². The second-order valence-corrected chi connectivity index (χ2v) is 6.56. The zero-order valence-electron chi connectivity index (χ0n) is 13.9. The first-order valence-electron chi connectivity index (χ1n) is 8.21. The van der Waals surface area contributed by atoms with Crippen LogP contribution in [0.5, 0.6) is 0 Å². The summed E-state index contributed by atoms with van der Waals surface area (Å²) in [5.74, 6) is 1.01. The van der Waals surface area contributed by atoms with Crippen molar-refractivity contribution < 1.29 is 4.74 Å². The van der Waals surface area contributed by atoms with Gasteiger partial charge in [-0.05, 0) is 31.0 Å². The number of nitrogens with two attached hydrogens (primary N) is 1. The third-order valence-corrected chi connectivity index (χ3v) is 4.77. The number of anilines is 2. The first kappa shape index (κ1) is 16.1. The van der Waals surface area contributed by atoms with E-state index < -0.39 is 0 Å². The van der Waals surface area contributed by atoms with Crippen molar-refractivity contribution in [3.63, 3.8) is 0 Å². The van der Waals surface area contributed by atoms with Gasteiger partial charge in [-0.25, -0.2) is 9.97 Å². The van der Waals surface area contributed by atoms with Crippen LogP contribution in [0.3, 0.4) is 0 Å². The van der Waals surface area contributed by atoms with Gasteiger partial charge in [-0.1, -0.05) is 17.7 Å². The monoisotopic (exact) mass is 358 g/mol. The number of benzene rings is 1. The summed E-state index contributed by atoms with van der Waals surface area (Å²) in [6, 6.07) is 7.82. The largest absolute Gasteiger partial charge is 0.381 e. The van der Waals surface area contributed by atoms with Gasteiger partial charge in [0, 0.05) is 31.3 Å². The van der Waals surface area contributed by atoms with Gasteiger partial charge >= 0.3 is 0 Å². The number of halogens is 1. The fourth-order valence-electron chi connectivity index (χ4n) is 3.16. The van der Waals surface area contributed by atoms with Crippen LogP contribution in [0.4, 0.5) is 11.9 Å². The molecule has 0 bridgehead atoms. The molecule has 3 heterocycles. The maximum atomic E-state index is 6.12. The van der Waals surface area contributed by atoms with Crippen LogP contribution in [0.2, 0.25) is 5.02 Å². The lowest BCUT2D eigenvalue weighted by atomic mass is 10.1. The Hall–Kier alpha value is -2.38. The average molecular weight is 359 g/mol. The van der Waals surface area contributed by atoms with E-state index in [0.717, 1.165) is 31.7 Å². The summed E-state index contributed by atoms with van der Waals surface area (Å²) in [7, 11) is 2.01. The maximum absolute atomic E-state index is 6.12. The number of hydrogen-bond donors (Lipinski definition) is 1. The predicted molar refractivity (Wildman–Crippen MR) is 98.3 cm³/mol. The Labute approximate surface area is 150 Å². The number of hydrogen-bond acceptors (Lipinski definition) is 6. The molecular weight excluding hydrogens is 340 g/mol. The van der Waals surface area contributed by atoms with Gasteiger partial charge in [-0.15, -0.1) is 0 Å². The summed E-state index contributed by atoms with van der Waals surface area (Å²) >= 11 is 6.12. The van der Waals surface area contributed by atoms with Gasteiger partial charge in [0.1, 0.15) is 5.52 Å². The standard InChI is InChI=1S/C17H19ClN6O/c1-23(12-5-7-25-8-6-12)17-20-10-14-15(22-17)24(16(19)21-14)13-4-2-3-11(18)9-13/h2-4,9-10,12H,5-8H2,1H3,(H2,19,21). The summed E-state index contributed by atoms with van der Waals surface area (Å²) in [5, 5.41) is 0.632. The highest BCUT2D eigenvalue weighted by atomic mass is 35.5. The van der Waals surface area contributed by atoms with Gasteiger partial charge in [0.05, 0.1) is 11.9 Å². The van der Waals surface area contributed by atoms with Crippen molar-refractivity contribution in [2.75, 3.05) is 30.9 Å². The van der Waals surface area contributed by atoms with Gasteiger partial charge in [-0.3, -0.25) is 4.57 Å². The first-order chi connectivity index (χ1) is 12.1. The first-order valence-corrected chi connectivity index (χ1v) is 8.59. The fraction of sp³-hybridized carbons (Fsp3) is 0.353. The van der Waals surface area contributed by atoms with Crippen LogP contribution in [0.25, 0.3) is 16.9 Å².